The number of fused-ring (bicyclic) bond motifs is 2. The second-order valence-electron chi connectivity index (χ2n) is 9.65. The minimum absolute atomic E-state index is 0.161. The zero-order valence-corrected chi connectivity index (χ0v) is 22.3. The Hall–Kier alpha value is -2.77. The Morgan fingerprint density at radius 2 is 1.71 bits per heavy atom. The molecule has 6 nitrogen and oxygen atoms in total. The number of benzene rings is 2. The van der Waals surface area contributed by atoms with Crippen molar-refractivity contribution in [2.24, 2.45) is 7.05 Å². The second kappa shape index (κ2) is 10.9. The smallest absolute Gasteiger partial charge is 0.315 e. The van der Waals surface area contributed by atoms with Gasteiger partial charge in [-0.05, 0) is 53.0 Å². The number of aliphatic carboxylic acids is 1. The molecule has 1 N–H and O–H groups in total. The van der Waals surface area contributed by atoms with E-state index in [1.165, 1.54) is 37.4 Å². The fourth-order valence-corrected chi connectivity index (χ4v) is 9.91. The molecule has 0 bridgehead atoms. The quantitative estimate of drug-likeness (QED) is 0.279. The summed E-state index contributed by atoms with van der Waals surface area (Å²) in [6.45, 7) is 7.55. The molecular formula is C28H37NO5Si. The van der Waals surface area contributed by atoms with Crippen LogP contribution in [0.25, 0.3) is 10.9 Å². The highest BCUT2D eigenvalue weighted by molar-refractivity contribution is 6.73. The molecule has 4 rings (SSSR count). The highest BCUT2D eigenvalue weighted by Crippen LogP contribution is 2.39. The molecule has 0 fully saturated rings. The average molecular weight is 496 g/mol. The van der Waals surface area contributed by atoms with Crippen molar-refractivity contribution in [2.45, 2.75) is 70.7 Å². The largest absolute Gasteiger partial charge is 0.481 e. The first-order valence-electron chi connectivity index (χ1n) is 12.8. The van der Waals surface area contributed by atoms with Gasteiger partial charge < -0.3 is 23.6 Å². The van der Waals surface area contributed by atoms with Gasteiger partial charge in [0.05, 0.1) is 6.61 Å². The molecule has 0 amide bonds. The molecule has 1 aliphatic heterocycles. The third-order valence-corrected chi connectivity index (χ3v) is 12.0. The van der Waals surface area contributed by atoms with Gasteiger partial charge >= 0.3 is 5.97 Å². The summed E-state index contributed by atoms with van der Waals surface area (Å²) in [4.78, 5) is 12.4. The Labute approximate surface area is 208 Å². The number of carboxylic acid groups (broad SMARTS) is 1. The first-order valence-corrected chi connectivity index (χ1v) is 15.3. The molecule has 3 aromatic rings. The summed E-state index contributed by atoms with van der Waals surface area (Å²) >= 11 is 0. The lowest BCUT2D eigenvalue weighted by atomic mass is 9.90. The second-order valence-corrected chi connectivity index (χ2v) is 13.8. The van der Waals surface area contributed by atoms with Crippen LogP contribution in [0.15, 0.2) is 42.6 Å². The van der Waals surface area contributed by atoms with E-state index in [0.29, 0.717) is 23.7 Å². The molecule has 2 heterocycles. The molecule has 7 heteroatoms. The van der Waals surface area contributed by atoms with Crippen LogP contribution in [0.5, 0.6) is 11.5 Å². The van der Waals surface area contributed by atoms with Gasteiger partial charge in [0, 0.05) is 24.1 Å². The highest BCUT2D eigenvalue weighted by Gasteiger charge is 2.32. The van der Waals surface area contributed by atoms with Crippen molar-refractivity contribution in [1.82, 2.24) is 4.57 Å². The fraction of sp³-hybridized carbons (Fsp3) is 0.464. The number of hydrogen-bond acceptors (Lipinski definition) is 4. The average Bonchev–Trinajstić information content (AvgIpc) is 3.42. The van der Waals surface area contributed by atoms with E-state index >= 15 is 0 Å². The van der Waals surface area contributed by atoms with Gasteiger partial charge in [-0.3, -0.25) is 4.79 Å². The molecule has 1 aliphatic rings. The van der Waals surface area contributed by atoms with Crippen LogP contribution in [0.4, 0.5) is 0 Å². The maximum atomic E-state index is 12.4. The topological polar surface area (TPSA) is 69.9 Å². The lowest BCUT2D eigenvalue weighted by Crippen LogP contribution is -2.37. The summed E-state index contributed by atoms with van der Waals surface area (Å²) in [5.74, 6) is -0.450. The van der Waals surface area contributed by atoms with Crippen molar-refractivity contribution >= 4 is 25.2 Å². The lowest BCUT2D eigenvalue weighted by molar-refractivity contribution is -0.137. The number of ether oxygens (including phenoxy) is 2. The standard InChI is InChI=1S/C28H37NO5Si/c1-5-12-35(13-6-2,14-7-3)34-18-20-8-10-22-23(17-29(4)24(22)15-20)27(28(30)31)21-9-11-25-26(16-21)33-19-32-25/h8-11,15-17,27H,5-7,12-14,18-19H2,1-4H3,(H,30,31). The molecule has 2 aromatic carbocycles. The number of aromatic nitrogens is 1. The van der Waals surface area contributed by atoms with Crippen LogP contribution in [0, 0.1) is 0 Å². The van der Waals surface area contributed by atoms with E-state index in [2.05, 4.69) is 39.0 Å². The molecule has 1 atom stereocenters. The van der Waals surface area contributed by atoms with E-state index in [-0.39, 0.29) is 6.79 Å². The van der Waals surface area contributed by atoms with Gasteiger partial charge in [0.2, 0.25) is 6.79 Å². The minimum Gasteiger partial charge on any atom is -0.481 e. The third kappa shape index (κ3) is 5.26. The molecule has 1 aromatic heterocycles. The van der Waals surface area contributed by atoms with Gasteiger partial charge in [0.15, 0.2) is 19.8 Å². The molecule has 1 unspecified atom stereocenters. The number of nitrogens with zero attached hydrogens (tertiary/aromatic N) is 1. The van der Waals surface area contributed by atoms with E-state index in [1.54, 1.807) is 12.1 Å². The van der Waals surface area contributed by atoms with Gasteiger partial charge in [-0.2, -0.15) is 0 Å². The molecule has 0 spiro atoms. The summed E-state index contributed by atoms with van der Waals surface area (Å²) in [6, 6.07) is 15.3. The van der Waals surface area contributed by atoms with E-state index in [1.807, 2.05) is 23.9 Å². The summed E-state index contributed by atoms with van der Waals surface area (Å²) in [5.41, 5.74) is 3.60. The Morgan fingerprint density at radius 1 is 1.03 bits per heavy atom. The van der Waals surface area contributed by atoms with E-state index < -0.39 is 20.2 Å². The van der Waals surface area contributed by atoms with Crippen LogP contribution < -0.4 is 9.47 Å². The van der Waals surface area contributed by atoms with Crippen LogP contribution in [-0.2, 0) is 22.9 Å². The minimum atomic E-state index is -1.75. The van der Waals surface area contributed by atoms with Gasteiger partial charge in [-0.1, -0.05) is 58.2 Å². The summed E-state index contributed by atoms with van der Waals surface area (Å²) < 4.78 is 19.6. The van der Waals surface area contributed by atoms with Crippen molar-refractivity contribution in [3.05, 3.63) is 59.3 Å². The number of hydrogen-bond donors (Lipinski definition) is 1. The Bertz CT molecular complexity index is 1170. The molecule has 0 aliphatic carbocycles. The predicted octanol–water partition coefficient (Wildman–Crippen LogP) is 6.82. The molecule has 0 saturated heterocycles. The first kappa shape index (κ1) is 25.3. The van der Waals surface area contributed by atoms with Crippen molar-refractivity contribution in [3.63, 3.8) is 0 Å². The van der Waals surface area contributed by atoms with E-state index in [9.17, 15) is 9.90 Å². The van der Waals surface area contributed by atoms with Crippen LogP contribution >= 0.6 is 0 Å². The number of rotatable bonds is 12. The number of carbonyl (C=O) groups is 1. The summed E-state index contributed by atoms with van der Waals surface area (Å²) in [5, 5.41) is 11.1. The van der Waals surface area contributed by atoms with Crippen LogP contribution in [0.2, 0.25) is 18.1 Å². The van der Waals surface area contributed by atoms with Gasteiger partial charge in [-0.15, -0.1) is 0 Å². The molecule has 0 saturated carbocycles. The first-order chi connectivity index (χ1) is 16.9. The monoisotopic (exact) mass is 495 g/mol. The normalized spacial score (nSPS) is 13.9. The molecule has 35 heavy (non-hydrogen) atoms. The zero-order valence-electron chi connectivity index (χ0n) is 21.3. The van der Waals surface area contributed by atoms with Crippen LogP contribution in [0.3, 0.4) is 0 Å². The molecule has 0 radical (unpaired) electrons. The summed E-state index contributed by atoms with van der Waals surface area (Å²) in [7, 11) is 0.225. The lowest BCUT2D eigenvalue weighted by Gasteiger charge is -2.31. The third-order valence-electron chi connectivity index (χ3n) is 7.04. The van der Waals surface area contributed by atoms with Crippen molar-refractivity contribution in [2.75, 3.05) is 6.79 Å². The van der Waals surface area contributed by atoms with Crippen LogP contribution in [0.1, 0.15) is 62.6 Å². The molecular weight excluding hydrogens is 458 g/mol. The maximum Gasteiger partial charge on any atom is 0.315 e. The van der Waals surface area contributed by atoms with Crippen molar-refractivity contribution in [1.29, 1.82) is 0 Å². The van der Waals surface area contributed by atoms with Gasteiger partial charge in [-0.25, -0.2) is 0 Å². The molecule has 188 valence electrons. The zero-order chi connectivity index (χ0) is 25.0. The van der Waals surface area contributed by atoms with E-state index in [0.717, 1.165) is 22.0 Å². The predicted molar refractivity (Wildman–Crippen MR) is 141 cm³/mol. The van der Waals surface area contributed by atoms with Crippen LogP contribution in [-0.4, -0.2) is 30.8 Å². The van der Waals surface area contributed by atoms with Gasteiger partial charge in [0.1, 0.15) is 5.92 Å². The highest BCUT2D eigenvalue weighted by atomic mass is 28.4. The van der Waals surface area contributed by atoms with Gasteiger partial charge in [0.25, 0.3) is 0 Å². The Balaban J connectivity index is 1.64. The Kier molecular flexibility index (Phi) is 7.87. The SMILES string of the molecule is CCC[Si](CCC)(CCC)OCc1ccc2c(C(C(=O)O)c3ccc4c(c3)OCO4)cn(C)c2c1. The summed E-state index contributed by atoms with van der Waals surface area (Å²) in [6.07, 6.45) is 5.44. The number of carboxylic acids is 1. The fourth-order valence-electron chi connectivity index (χ4n) is 5.52. The Morgan fingerprint density at radius 3 is 2.37 bits per heavy atom. The van der Waals surface area contributed by atoms with Crippen molar-refractivity contribution < 1.29 is 23.8 Å². The number of aryl methyl sites for hydroxylation is 1. The maximum absolute atomic E-state index is 12.4. The van der Waals surface area contributed by atoms with E-state index in [4.69, 9.17) is 13.9 Å². The van der Waals surface area contributed by atoms with Crippen molar-refractivity contribution in [3.8, 4) is 11.5 Å².